The molecule has 0 aliphatic carbocycles. The van der Waals surface area contributed by atoms with Gasteiger partial charge in [0.05, 0.1) is 5.39 Å². The molecule has 12 heteroatoms. The Morgan fingerprint density at radius 3 is 0.942 bits per heavy atom. The Kier molecular flexibility index (Phi) is 15.9. The zero-order valence-electron chi connectivity index (χ0n) is 59.1. The van der Waals surface area contributed by atoms with Crippen LogP contribution >= 0.6 is 0 Å². The van der Waals surface area contributed by atoms with E-state index in [0.29, 0.717) is 91.2 Å². The summed E-state index contributed by atoms with van der Waals surface area (Å²) in [4.78, 5) is 43.9. The average molecular weight is 1360 g/mol. The van der Waals surface area contributed by atoms with E-state index in [-0.39, 0.29) is 27.4 Å². The molecule has 2 aliphatic rings. The van der Waals surface area contributed by atoms with Crippen molar-refractivity contribution in [3.63, 3.8) is 0 Å². The summed E-state index contributed by atoms with van der Waals surface area (Å²) in [6, 6.07) is 101. The fraction of sp³-hybridized carbons (Fsp3) is 0.130. The number of fused-ring (bicyclic) bond motifs is 20. The number of ether oxygens (including phenoxy) is 3. The van der Waals surface area contributed by atoms with E-state index in [0.717, 1.165) is 55.3 Å². The molecule has 17 rings (SSSR count). The van der Waals surface area contributed by atoms with E-state index in [2.05, 4.69) is 206 Å². The molecule has 104 heavy (non-hydrogen) atoms. The molecule has 0 spiro atoms. The Labute approximate surface area is 604 Å². The zero-order chi connectivity index (χ0) is 70.9. The largest absolute Gasteiger partial charge is 0.453 e. The maximum Gasteiger partial charge on any atom is 0.213 e. The molecule has 2 aliphatic heterocycles. The second-order valence-electron chi connectivity index (χ2n) is 28.8. The van der Waals surface area contributed by atoms with Crippen LogP contribution in [0, 0.1) is 0 Å². The predicted molar refractivity (Wildman–Crippen MR) is 416 cm³/mol. The van der Waals surface area contributed by atoms with Gasteiger partial charge in [-0.15, -0.1) is 4.73 Å². The Hall–Kier alpha value is -12.8. The van der Waals surface area contributed by atoms with Crippen LogP contribution in [0.2, 0.25) is 0 Å². The molecule has 5 heterocycles. The molecule has 0 atom stereocenters. The van der Waals surface area contributed by atoms with Gasteiger partial charge in [-0.25, -0.2) is 29.9 Å². The summed E-state index contributed by atoms with van der Waals surface area (Å²) in [5, 5.41) is 2.70. The number of hydrogen-bond donors (Lipinski definition) is 1. The van der Waals surface area contributed by atoms with E-state index in [9.17, 15) is 0 Å². The van der Waals surface area contributed by atoms with Crippen molar-refractivity contribution in [1.82, 2.24) is 39.6 Å². The third-order valence-corrected chi connectivity index (χ3v) is 21.0. The molecule has 12 nitrogen and oxygen atoms in total. The Morgan fingerprint density at radius 2 is 0.567 bits per heavy atom. The maximum absolute atomic E-state index is 7.52. The minimum Gasteiger partial charge on any atom is -0.453 e. The number of aromatic amines is 1. The van der Waals surface area contributed by atoms with E-state index in [1.165, 1.54) is 22.3 Å². The van der Waals surface area contributed by atoms with Crippen molar-refractivity contribution in [2.45, 2.75) is 77.0 Å². The molecule has 0 radical (unpaired) electrons. The van der Waals surface area contributed by atoms with Crippen molar-refractivity contribution < 1.29 is 19.0 Å². The molecule has 506 valence electrons. The molecule has 3 aromatic heterocycles. The summed E-state index contributed by atoms with van der Waals surface area (Å²) in [5.74, 6) is 4.79. The molecule has 12 aromatic carbocycles. The first-order valence-electron chi connectivity index (χ1n) is 35.2. The molecule has 15 aromatic rings. The standard InChI is InChI=1S/C92H74N8O4/c1-89(2,58-27-13-9-14-28-58)62-41-49-66(50-42-62)101-77-57-76-78(80(103-68-53-45-64(46-54-68)91(5,6)60-31-17-11-18-32-60)79(77)102-67-51-43-63(44-52-67)90(3,4)59-29-15-10-16-30-59)86-96-82-71-36-22-24-38-73(71)84(94-82)99-88-75-40-26-25-39-74(75)87(98-83-72-37-23-21-35-70(72)81(93-83)95-85(76)97-86)100(88)104-69-55-47-65(48-56-69)92(7,8)61-33-19-12-20-34-61/h9-57H,1-8H3,(H,93,94,95,96,97,98,99). The lowest BCUT2D eigenvalue weighted by Crippen LogP contribution is -2.18. The highest BCUT2D eigenvalue weighted by molar-refractivity contribution is 6.11. The first kappa shape index (κ1) is 64.6. The van der Waals surface area contributed by atoms with E-state index in [4.69, 9.17) is 49.0 Å². The van der Waals surface area contributed by atoms with Crippen LogP contribution in [-0.2, 0) is 21.7 Å². The number of aromatic nitrogens is 8. The summed E-state index contributed by atoms with van der Waals surface area (Å²) < 4.78 is 23.9. The molecule has 0 amide bonds. The number of benzene rings is 12. The van der Waals surface area contributed by atoms with Crippen molar-refractivity contribution in [2.24, 2.45) is 0 Å². The van der Waals surface area contributed by atoms with E-state index >= 15 is 0 Å². The molecular weight excluding hydrogens is 1280 g/mol. The van der Waals surface area contributed by atoms with Gasteiger partial charge >= 0.3 is 0 Å². The van der Waals surface area contributed by atoms with Crippen LogP contribution in [0.15, 0.2) is 297 Å². The topological polar surface area (TPSA) is 135 Å². The van der Waals surface area contributed by atoms with Gasteiger partial charge in [0.25, 0.3) is 0 Å². The number of H-pyrrole nitrogens is 1. The summed E-state index contributed by atoms with van der Waals surface area (Å²) >= 11 is 0. The number of hydrogen-bond acceptors (Lipinski definition) is 10. The summed E-state index contributed by atoms with van der Waals surface area (Å²) in [6.45, 7) is 17.9. The maximum atomic E-state index is 7.52. The minimum absolute atomic E-state index is 0.284. The van der Waals surface area contributed by atoms with Crippen molar-refractivity contribution in [3.05, 3.63) is 342 Å². The second kappa shape index (κ2) is 25.7. The summed E-state index contributed by atoms with van der Waals surface area (Å²) in [7, 11) is 0. The summed E-state index contributed by atoms with van der Waals surface area (Å²) in [6.07, 6.45) is 0. The second-order valence-corrected chi connectivity index (χ2v) is 28.8. The number of rotatable bonds is 16. The van der Waals surface area contributed by atoms with Gasteiger partial charge in [0, 0.05) is 60.1 Å². The lowest BCUT2D eigenvalue weighted by molar-refractivity contribution is 0.237. The van der Waals surface area contributed by atoms with E-state index in [1.54, 1.807) is 4.73 Å². The van der Waals surface area contributed by atoms with Gasteiger partial charge in [0.2, 0.25) is 5.75 Å². The van der Waals surface area contributed by atoms with Gasteiger partial charge in [0.15, 0.2) is 51.8 Å². The number of nitrogens with zero attached hydrogens (tertiary/aromatic N) is 7. The molecule has 0 saturated carbocycles. The van der Waals surface area contributed by atoms with E-state index < -0.39 is 0 Å². The van der Waals surface area contributed by atoms with Gasteiger partial charge in [0.1, 0.15) is 28.5 Å². The Morgan fingerprint density at radius 1 is 0.269 bits per heavy atom. The summed E-state index contributed by atoms with van der Waals surface area (Å²) in [5.41, 5.74) is 12.7. The van der Waals surface area contributed by atoms with Crippen LogP contribution in [0.1, 0.15) is 99.9 Å². The zero-order valence-corrected chi connectivity index (χ0v) is 59.1. The van der Waals surface area contributed by atoms with Crippen molar-refractivity contribution in [3.8, 4) is 85.8 Å². The average Bonchev–Trinajstić information content (AvgIpc) is 1.56. The third-order valence-electron chi connectivity index (χ3n) is 21.0. The van der Waals surface area contributed by atoms with Crippen LogP contribution < -0.4 is 19.0 Å². The highest BCUT2D eigenvalue weighted by Gasteiger charge is 2.32. The van der Waals surface area contributed by atoms with Crippen molar-refractivity contribution in [1.29, 1.82) is 0 Å². The van der Waals surface area contributed by atoms with Gasteiger partial charge in [-0.2, -0.15) is 0 Å². The molecule has 8 bridgehead atoms. The van der Waals surface area contributed by atoms with Gasteiger partial charge < -0.3 is 24.0 Å². The first-order valence-corrected chi connectivity index (χ1v) is 35.2. The SMILES string of the molecule is CC(C)(c1ccccc1)c1ccc(Oc2cc3c4nc5nc(nc6c7ccccc7c(nc7nc(nc([nH]4)c3c(Oc3ccc(C(C)(C)c4ccccc4)cc3)c2Oc2ccc(C(C)(C)c3ccccc3)cc2)-c2ccccc2-7)n6Oc2ccc(C(C)(C)c3ccccc3)cc2)-c2ccccc2-5)cc1. The highest BCUT2D eigenvalue weighted by atomic mass is 16.7. The van der Waals surface area contributed by atoms with Gasteiger partial charge in [-0.3, -0.25) is 0 Å². The lowest BCUT2D eigenvalue weighted by Gasteiger charge is -2.27. The monoisotopic (exact) mass is 1350 g/mol. The van der Waals surface area contributed by atoms with Crippen LogP contribution in [0.5, 0.6) is 40.2 Å². The van der Waals surface area contributed by atoms with Gasteiger partial charge in [-0.05, 0) is 99.1 Å². The quantitative estimate of drug-likeness (QED) is 0.0996. The van der Waals surface area contributed by atoms with Crippen LogP contribution in [0.3, 0.4) is 0 Å². The van der Waals surface area contributed by atoms with Crippen LogP contribution in [0.4, 0.5) is 0 Å². The fourth-order valence-electron chi connectivity index (χ4n) is 14.5. The Bertz CT molecular complexity index is 5940. The molecular formula is C92H74N8O4. The van der Waals surface area contributed by atoms with Crippen LogP contribution in [0.25, 0.3) is 89.7 Å². The smallest absolute Gasteiger partial charge is 0.213 e. The minimum atomic E-state index is -0.338. The fourth-order valence-corrected chi connectivity index (χ4v) is 14.5. The Balaban J connectivity index is 0.925. The van der Waals surface area contributed by atoms with E-state index in [1.807, 2.05) is 152 Å². The molecule has 1 N–H and O–H groups in total. The van der Waals surface area contributed by atoms with Crippen molar-refractivity contribution in [2.75, 3.05) is 0 Å². The molecule has 0 unspecified atom stereocenters. The highest BCUT2D eigenvalue weighted by Crippen LogP contribution is 2.52. The van der Waals surface area contributed by atoms with Crippen molar-refractivity contribution >= 4 is 44.1 Å². The van der Waals surface area contributed by atoms with Crippen LogP contribution in [-0.4, -0.2) is 39.6 Å². The first-order chi connectivity index (χ1) is 50.5. The predicted octanol–water partition coefficient (Wildman–Crippen LogP) is 22.9. The number of nitrogens with one attached hydrogen (secondary N) is 1. The lowest BCUT2D eigenvalue weighted by atomic mass is 9.78. The molecule has 0 saturated heterocycles. The third kappa shape index (κ3) is 11.6. The molecule has 0 fully saturated rings. The van der Waals surface area contributed by atoms with Gasteiger partial charge in [-0.1, -0.05) is 298 Å². The normalized spacial score (nSPS) is 12.2.